The Hall–Kier alpha value is -10.3. The Kier molecular flexibility index (Phi) is 15.5. The van der Waals surface area contributed by atoms with E-state index < -0.39 is 0 Å². The summed E-state index contributed by atoms with van der Waals surface area (Å²) in [5.74, 6) is 1.43. The Morgan fingerprint density at radius 3 is 1.67 bits per heavy atom. The predicted octanol–water partition coefficient (Wildman–Crippen LogP) is 24.3. The number of hydrogen-bond donors (Lipinski definition) is 0. The van der Waals surface area contributed by atoms with Crippen molar-refractivity contribution in [1.29, 1.82) is 0 Å². The van der Waals surface area contributed by atoms with Crippen molar-refractivity contribution in [3.63, 3.8) is 0 Å². The van der Waals surface area contributed by atoms with E-state index in [1.54, 1.807) is 12.1 Å². The van der Waals surface area contributed by atoms with Crippen LogP contribution in [0, 0.1) is 5.82 Å². The van der Waals surface area contributed by atoms with Gasteiger partial charge in [-0.1, -0.05) is 223 Å². The van der Waals surface area contributed by atoms with E-state index in [4.69, 9.17) is 4.74 Å². The highest BCUT2D eigenvalue weighted by Gasteiger charge is 2.44. The lowest BCUT2D eigenvalue weighted by atomic mass is 9.69. The average Bonchev–Trinajstić information content (AvgIpc) is 1.56. The van der Waals surface area contributed by atoms with Crippen LogP contribution < -0.4 is 9.64 Å². The maximum Gasteiger partial charge on any atom is 0.127 e. The number of hydrogen-bond acceptors (Lipinski definition) is 2. The summed E-state index contributed by atoms with van der Waals surface area (Å²) < 4.78 is 23.4. The van der Waals surface area contributed by atoms with Gasteiger partial charge < -0.3 is 14.2 Å². The van der Waals surface area contributed by atoms with E-state index in [1.807, 2.05) is 42.5 Å². The molecular weight excluding hydrogens is 1120 g/mol. The van der Waals surface area contributed by atoms with Crippen molar-refractivity contribution in [3.8, 4) is 61.7 Å². The van der Waals surface area contributed by atoms with E-state index in [2.05, 4.69) is 261 Å². The minimum Gasteiger partial charge on any atom is -0.457 e. The topological polar surface area (TPSA) is 17.4 Å². The molecule has 1 unspecified atom stereocenters. The van der Waals surface area contributed by atoms with Crippen molar-refractivity contribution in [2.24, 2.45) is 0 Å². The second kappa shape index (κ2) is 24.5. The zero-order valence-electron chi connectivity index (χ0n) is 52.8. The zero-order valence-corrected chi connectivity index (χ0v) is 52.8. The van der Waals surface area contributed by atoms with Gasteiger partial charge in [-0.3, -0.25) is 0 Å². The van der Waals surface area contributed by atoms with Gasteiger partial charge >= 0.3 is 0 Å². The molecule has 0 amide bonds. The number of benzene rings is 12. The van der Waals surface area contributed by atoms with Crippen LogP contribution in [-0.2, 0) is 23.7 Å². The molecule has 15 rings (SSSR count). The van der Waals surface area contributed by atoms with E-state index in [0.717, 1.165) is 71.8 Å². The van der Waals surface area contributed by atoms with Crippen molar-refractivity contribution in [2.75, 3.05) is 4.90 Å². The van der Waals surface area contributed by atoms with E-state index in [-0.39, 0.29) is 16.6 Å². The summed E-state index contributed by atoms with van der Waals surface area (Å²) >= 11 is 0. The molecule has 1 aromatic heterocycles. The molecule has 13 aromatic rings. The minimum atomic E-state index is -0.353. The highest BCUT2D eigenvalue weighted by molar-refractivity contribution is 6.10. The predicted molar refractivity (Wildman–Crippen MR) is 384 cm³/mol. The Morgan fingerprint density at radius 2 is 0.967 bits per heavy atom. The van der Waals surface area contributed by atoms with Crippen LogP contribution in [0.4, 0.5) is 21.5 Å². The van der Waals surface area contributed by atoms with Gasteiger partial charge in [-0.05, 0) is 230 Å². The fourth-order valence-corrected chi connectivity index (χ4v) is 15.1. The first-order valence-corrected chi connectivity index (χ1v) is 33.0. The quantitative estimate of drug-likeness (QED) is 0.0708. The largest absolute Gasteiger partial charge is 0.457 e. The lowest BCUT2D eigenvalue weighted by molar-refractivity contribution is 0.482. The van der Waals surface area contributed by atoms with E-state index in [1.165, 1.54) is 131 Å². The van der Waals surface area contributed by atoms with Crippen molar-refractivity contribution >= 4 is 44.9 Å². The number of halogens is 1. The van der Waals surface area contributed by atoms with Crippen molar-refractivity contribution in [2.45, 2.75) is 89.4 Å². The summed E-state index contributed by atoms with van der Waals surface area (Å²) in [5.41, 5.74) is 26.4. The summed E-state index contributed by atoms with van der Waals surface area (Å²) in [6, 6.07) is 98.7. The zero-order chi connectivity index (χ0) is 62.3. The van der Waals surface area contributed by atoms with Gasteiger partial charge in [-0.25, -0.2) is 4.39 Å². The Bertz CT molecular complexity index is 4850. The molecule has 450 valence electrons. The molecule has 92 heavy (non-hydrogen) atoms. The fourth-order valence-electron chi connectivity index (χ4n) is 15.1. The van der Waals surface area contributed by atoms with Gasteiger partial charge in [-0.2, -0.15) is 0 Å². The van der Waals surface area contributed by atoms with Crippen LogP contribution in [0.3, 0.4) is 0 Å². The highest BCUT2D eigenvalue weighted by Crippen LogP contribution is 2.57. The molecule has 2 aliphatic carbocycles. The van der Waals surface area contributed by atoms with Gasteiger partial charge in [-0.15, -0.1) is 0 Å². The van der Waals surface area contributed by atoms with Gasteiger partial charge in [0.2, 0.25) is 0 Å². The third kappa shape index (κ3) is 10.6. The van der Waals surface area contributed by atoms with Crippen molar-refractivity contribution in [1.82, 2.24) is 4.57 Å². The Balaban J connectivity index is 0.677. The molecule has 12 aromatic carbocycles. The smallest absolute Gasteiger partial charge is 0.127 e. The fraction of sp³-hybridized carbons (Fsp3) is 0.159. The van der Waals surface area contributed by atoms with E-state index >= 15 is 0 Å². The van der Waals surface area contributed by atoms with Crippen molar-refractivity contribution in [3.05, 3.63) is 330 Å². The maximum atomic E-state index is 14.9. The van der Waals surface area contributed by atoms with Crippen LogP contribution in [0.1, 0.15) is 110 Å². The average molecular weight is 1200 g/mol. The molecule has 1 atom stereocenters. The molecule has 4 heteroatoms. The molecule has 0 saturated heterocycles. The van der Waals surface area contributed by atoms with Gasteiger partial charge in [0.25, 0.3) is 0 Å². The summed E-state index contributed by atoms with van der Waals surface area (Å²) in [4.78, 5) is 2.30. The molecule has 1 heterocycles. The molecule has 0 fully saturated rings. The molecule has 0 bridgehead atoms. The number of fused-ring (bicyclic) bond motifs is 9. The summed E-state index contributed by atoms with van der Waals surface area (Å²) in [5, 5.41) is 2.52. The standard InChI is InChI=1S/C88H75FN2O/c1-5-60-27-40-71(41-28-60)91-85-26-18-16-24-79(85)80-56-64(37-54-86(80)91)66-36-52-77-76-51-35-65(57-82(76)87(3,4)83(77)58-66)63-33-42-69(43-34-63)90(70-44-38-68(89)39-45-70)72-46-53-78-75-23-15-17-25-81(75)88(84(78)59-72,67-21-13-11-14-22-67)55-19-10-8-7-9-12-20-62-31-49-74(50-32-62)92-73-47-29-61(6-2)30-48-73/h6,11,13-18,21-54,56-59H,2,5,7-10,12,19-20,55H2,1,3-4H3. The van der Waals surface area contributed by atoms with Crippen LogP contribution in [0.15, 0.2) is 280 Å². The van der Waals surface area contributed by atoms with Crippen LogP contribution in [-0.4, -0.2) is 4.57 Å². The van der Waals surface area contributed by atoms with Gasteiger partial charge in [0, 0.05) is 44.4 Å². The third-order valence-corrected chi connectivity index (χ3v) is 20.0. The molecule has 0 radical (unpaired) electrons. The number of ether oxygens (including phenoxy) is 1. The molecule has 0 saturated carbocycles. The first kappa shape index (κ1) is 58.1. The second-order valence-corrected chi connectivity index (χ2v) is 25.8. The number of para-hydroxylation sites is 1. The molecule has 0 spiro atoms. The van der Waals surface area contributed by atoms with Crippen LogP contribution in [0.5, 0.6) is 11.5 Å². The number of rotatable bonds is 20. The minimum absolute atomic E-state index is 0.227. The first-order valence-electron chi connectivity index (χ1n) is 33.0. The molecule has 0 N–H and O–H groups in total. The van der Waals surface area contributed by atoms with Gasteiger partial charge in [0.15, 0.2) is 0 Å². The molecule has 0 aliphatic heterocycles. The molecular formula is C88H75FN2O. The number of nitrogens with zero attached hydrogens (tertiary/aromatic N) is 2. The highest BCUT2D eigenvalue weighted by atomic mass is 19.1. The second-order valence-electron chi connectivity index (χ2n) is 25.8. The summed E-state index contributed by atoms with van der Waals surface area (Å²) in [6.07, 6.45) is 12.0. The lowest BCUT2D eigenvalue weighted by Crippen LogP contribution is -2.27. The molecule has 3 nitrogen and oxygen atoms in total. The van der Waals surface area contributed by atoms with Crippen LogP contribution in [0.25, 0.3) is 78.1 Å². The van der Waals surface area contributed by atoms with E-state index in [9.17, 15) is 4.39 Å². The monoisotopic (exact) mass is 1190 g/mol. The SMILES string of the molecule is C=Cc1ccc(Oc2ccc(CCCCCCCCC3(c4ccccc4)c4ccccc4-c4ccc(N(c5ccc(F)cc5)c5ccc(-c6ccc7c(c6)C(C)(C)c6cc(-c8ccc9c(c8)c8ccccc8n9-c8ccc(CC)cc8)ccc6-7)cc5)cc43)cc2)cc1. The Morgan fingerprint density at radius 1 is 0.435 bits per heavy atom. The number of aromatic nitrogens is 1. The normalized spacial score (nSPS) is 14.2. The van der Waals surface area contributed by atoms with Gasteiger partial charge in [0.1, 0.15) is 17.3 Å². The lowest BCUT2D eigenvalue weighted by Gasteiger charge is -2.34. The first-order chi connectivity index (χ1) is 45.1. The number of aryl methyl sites for hydroxylation is 2. The summed E-state index contributed by atoms with van der Waals surface area (Å²) in [6.45, 7) is 10.8. The van der Waals surface area contributed by atoms with Gasteiger partial charge in [0.05, 0.1) is 11.0 Å². The number of unbranched alkanes of at least 4 members (excludes halogenated alkanes) is 5. The number of anilines is 3. The van der Waals surface area contributed by atoms with Crippen molar-refractivity contribution < 1.29 is 9.13 Å². The third-order valence-electron chi connectivity index (χ3n) is 20.0. The van der Waals surface area contributed by atoms with Crippen LogP contribution in [0.2, 0.25) is 0 Å². The summed E-state index contributed by atoms with van der Waals surface area (Å²) in [7, 11) is 0. The molecule has 2 aliphatic rings. The van der Waals surface area contributed by atoms with E-state index in [0.29, 0.717) is 0 Å². The maximum absolute atomic E-state index is 14.9. The van der Waals surface area contributed by atoms with Crippen LogP contribution >= 0.6 is 0 Å². The Labute approximate surface area is 541 Å².